The van der Waals surface area contributed by atoms with Crippen molar-refractivity contribution in [2.75, 3.05) is 0 Å². The van der Waals surface area contributed by atoms with Gasteiger partial charge in [0.25, 0.3) is 0 Å². The van der Waals surface area contributed by atoms with Crippen LogP contribution in [0.25, 0.3) is 11.4 Å². The zero-order valence-electron chi connectivity index (χ0n) is 8.89. The van der Waals surface area contributed by atoms with Crippen LogP contribution in [0.2, 0.25) is 0 Å². The Kier molecular flexibility index (Phi) is 2.44. The highest BCUT2D eigenvalue weighted by molar-refractivity contribution is 5.88. The Hall–Kier alpha value is -2.17. The third kappa shape index (κ3) is 1.67. The summed E-state index contributed by atoms with van der Waals surface area (Å²) in [6.07, 6.45) is 2.86. The lowest BCUT2D eigenvalue weighted by molar-refractivity contribution is 0.0695. The van der Waals surface area contributed by atoms with Gasteiger partial charge in [0.1, 0.15) is 5.76 Å². The van der Waals surface area contributed by atoms with E-state index in [-0.39, 0.29) is 5.56 Å². The maximum atomic E-state index is 10.8. The van der Waals surface area contributed by atoms with Gasteiger partial charge in [-0.15, -0.1) is 0 Å². The van der Waals surface area contributed by atoms with Gasteiger partial charge < -0.3 is 9.52 Å². The van der Waals surface area contributed by atoms with Crippen LogP contribution in [0.4, 0.5) is 0 Å². The average molecular weight is 218 g/mol. The van der Waals surface area contributed by atoms with Crippen LogP contribution in [0.1, 0.15) is 21.8 Å². The number of hydrogen-bond acceptors (Lipinski definition) is 4. The first-order chi connectivity index (χ1) is 7.59. The minimum absolute atomic E-state index is 0.116. The number of aryl methyl sites for hydroxylation is 2. The summed E-state index contributed by atoms with van der Waals surface area (Å²) >= 11 is 0. The van der Waals surface area contributed by atoms with Crippen molar-refractivity contribution in [3.63, 3.8) is 0 Å². The van der Waals surface area contributed by atoms with Gasteiger partial charge in [-0.1, -0.05) is 0 Å². The van der Waals surface area contributed by atoms with E-state index in [0.29, 0.717) is 17.3 Å². The number of carboxylic acids is 1. The summed E-state index contributed by atoms with van der Waals surface area (Å²) in [6.45, 7) is 3.45. The van der Waals surface area contributed by atoms with Crippen LogP contribution in [0.15, 0.2) is 22.9 Å². The topological polar surface area (TPSA) is 76.2 Å². The van der Waals surface area contributed by atoms with Crippen molar-refractivity contribution in [3.8, 4) is 11.4 Å². The molecule has 0 spiro atoms. The first kappa shape index (κ1) is 10.4. The first-order valence-electron chi connectivity index (χ1n) is 4.71. The second kappa shape index (κ2) is 3.77. The molecule has 0 atom stereocenters. The van der Waals surface area contributed by atoms with Gasteiger partial charge in [0.2, 0.25) is 0 Å². The zero-order chi connectivity index (χ0) is 11.7. The van der Waals surface area contributed by atoms with Crippen LogP contribution in [0.5, 0.6) is 0 Å². The number of aromatic nitrogens is 2. The van der Waals surface area contributed by atoms with Crippen LogP contribution < -0.4 is 0 Å². The highest BCUT2D eigenvalue weighted by atomic mass is 16.4. The van der Waals surface area contributed by atoms with Gasteiger partial charge in [-0.05, 0) is 19.9 Å². The van der Waals surface area contributed by atoms with Gasteiger partial charge in [-0.3, -0.25) is 0 Å². The van der Waals surface area contributed by atoms with Crippen molar-refractivity contribution in [1.29, 1.82) is 0 Å². The van der Waals surface area contributed by atoms with Gasteiger partial charge in [0.15, 0.2) is 5.82 Å². The molecular weight excluding hydrogens is 208 g/mol. The van der Waals surface area contributed by atoms with Crippen molar-refractivity contribution in [2.24, 2.45) is 0 Å². The number of rotatable bonds is 2. The molecule has 5 nitrogen and oxygen atoms in total. The lowest BCUT2D eigenvalue weighted by atomic mass is 10.2. The van der Waals surface area contributed by atoms with Crippen molar-refractivity contribution < 1.29 is 14.3 Å². The molecule has 0 fully saturated rings. The molecule has 5 heteroatoms. The third-order valence-electron chi connectivity index (χ3n) is 2.31. The molecule has 2 rings (SSSR count). The molecule has 0 radical (unpaired) electrons. The first-order valence-corrected chi connectivity index (χ1v) is 4.71. The monoisotopic (exact) mass is 218 g/mol. The number of nitrogens with zero attached hydrogens (tertiary/aromatic N) is 2. The van der Waals surface area contributed by atoms with E-state index >= 15 is 0 Å². The Morgan fingerprint density at radius 2 is 2.19 bits per heavy atom. The maximum absolute atomic E-state index is 10.8. The molecule has 2 heterocycles. The Bertz CT molecular complexity index is 546. The molecule has 1 N–H and O–H groups in total. The van der Waals surface area contributed by atoms with E-state index in [2.05, 4.69) is 9.97 Å². The fraction of sp³-hybridized carbons (Fsp3) is 0.182. The molecule has 2 aromatic rings. The van der Waals surface area contributed by atoms with Gasteiger partial charge in [0.05, 0.1) is 23.1 Å². The Morgan fingerprint density at radius 3 is 2.69 bits per heavy atom. The molecule has 82 valence electrons. The molecule has 0 aliphatic carbocycles. The number of carboxylic acid groups (broad SMARTS) is 1. The van der Waals surface area contributed by atoms with E-state index in [4.69, 9.17) is 9.52 Å². The Labute approximate surface area is 91.8 Å². The predicted molar refractivity (Wildman–Crippen MR) is 56.2 cm³/mol. The molecule has 0 unspecified atom stereocenters. The molecule has 0 aliphatic rings. The van der Waals surface area contributed by atoms with Crippen LogP contribution in [0.3, 0.4) is 0 Å². The third-order valence-corrected chi connectivity index (χ3v) is 2.31. The molecule has 0 aromatic carbocycles. The molecular formula is C11H10N2O3. The normalized spacial score (nSPS) is 10.4. The highest BCUT2D eigenvalue weighted by Gasteiger charge is 2.13. The fourth-order valence-corrected chi connectivity index (χ4v) is 1.42. The largest absolute Gasteiger partial charge is 0.478 e. The van der Waals surface area contributed by atoms with Crippen LogP contribution in [-0.4, -0.2) is 21.0 Å². The zero-order valence-corrected chi connectivity index (χ0v) is 8.89. The Balaban J connectivity index is 2.50. The molecule has 0 amide bonds. The van der Waals surface area contributed by atoms with Crippen LogP contribution in [0, 0.1) is 13.8 Å². The van der Waals surface area contributed by atoms with Gasteiger partial charge >= 0.3 is 5.97 Å². The van der Waals surface area contributed by atoms with E-state index in [9.17, 15) is 4.79 Å². The van der Waals surface area contributed by atoms with Crippen molar-refractivity contribution >= 4 is 5.97 Å². The quantitative estimate of drug-likeness (QED) is 0.834. The van der Waals surface area contributed by atoms with E-state index < -0.39 is 5.97 Å². The minimum atomic E-state index is -1.02. The van der Waals surface area contributed by atoms with E-state index in [1.807, 2.05) is 0 Å². The van der Waals surface area contributed by atoms with Gasteiger partial charge in [-0.2, -0.15) is 0 Å². The van der Waals surface area contributed by atoms with Crippen LogP contribution in [-0.2, 0) is 0 Å². The SMILES string of the molecule is Cc1nc(-c2ccoc2C)ncc1C(=O)O. The van der Waals surface area contributed by atoms with Crippen LogP contribution >= 0.6 is 0 Å². The molecule has 0 aliphatic heterocycles. The van der Waals surface area contributed by atoms with Gasteiger partial charge in [0, 0.05) is 6.20 Å². The highest BCUT2D eigenvalue weighted by Crippen LogP contribution is 2.21. The maximum Gasteiger partial charge on any atom is 0.339 e. The van der Waals surface area contributed by atoms with Crippen molar-refractivity contribution in [2.45, 2.75) is 13.8 Å². The van der Waals surface area contributed by atoms with E-state index in [0.717, 1.165) is 5.56 Å². The number of furan rings is 1. The summed E-state index contributed by atoms with van der Waals surface area (Å²) < 4.78 is 5.14. The number of aromatic carboxylic acids is 1. The predicted octanol–water partition coefficient (Wildman–Crippen LogP) is 2.05. The summed E-state index contributed by atoms with van der Waals surface area (Å²) in [6, 6.07) is 1.75. The molecule has 16 heavy (non-hydrogen) atoms. The second-order valence-electron chi connectivity index (χ2n) is 3.39. The summed E-state index contributed by atoms with van der Waals surface area (Å²) in [5.74, 6) is 0.171. The van der Waals surface area contributed by atoms with E-state index in [1.54, 1.807) is 26.2 Å². The summed E-state index contributed by atoms with van der Waals surface area (Å²) in [7, 11) is 0. The van der Waals surface area contributed by atoms with E-state index in [1.165, 1.54) is 6.20 Å². The molecule has 2 aromatic heterocycles. The summed E-state index contributed by atoms with van der Waals surface area (Å²) in [5, 5.41) is 8.84. The smallest absolute Gasteiger partial charge is 0.339 e. The standard InChI is InChI=1S/C11H10N2O3/c1-6-9(11(14)15)5-12-10(13-6)8-3-4-16-7(8)2/h3-5H,1-2H3,(H,14,15). The van der Waals surface area contributed by atoms with Crippen molar-refractivity contribution in [3.05, 3.63) is 35.5 Å². The molecule has 0 bridgehead atoms. The molecule has 0 saturated heterocycles. The number of hydrogen-bond donors (Lipinski definition) is 1. The lowest BCUT2D eigenvalue weighted by Crippen LogP contribution is -2.04. The van der Waals surface area contributed by atoms with Gasteiger partial charge in [-0.25, -0.2) is 14.8 Å². The fourth-order valence-electron chi connectivity index (χ4n) is 1.42. The lowest BCUT2D eigenvalue weighted by Gasteiger charge is -2.02. The molecule has 0 saturated carbocycles. The summed E-state index contributed by atoms with van der Waals surface area (Å²) in [5.41, 5.74) is 1.34. The van der Waals surface area contributed by atoms with Crippen molar-refractivity contribution in [1.82, 2.24) is 9.97 Å². The second-order valence-corrected chi connectivity index (χ2v) is 3.39. The number of carbonyl (C=O) groups is 1. The Morgan fingerprint density at radius 1 is 1.44 bits per heavy atom. The minimum Gasteiger partial charge on any atom is -0.478 e. The summed E-state index contributed by atoms with van der Waals surface area (Å²) in [4.78, 5) is 18.9. The average Bonchev–Trinajstić information content (AvgIpc) is 2.63.